The van der Waals surface area contributed by atoms with Crippen LogP contribution in [0, 0.1) is 13.8 Å². The molecule has 0 saturated heterocycles. The van der Waals surface area contributed by atoms with Gasteiger partial charge in [-0.2, -0.15) is 0 Å². The van der Waals surface area contributed by atoms with Crippen LogP contribution in [0.3, 0.4) is 0 Å². The topological polar surface area (TPSA) is 28.7 Å². The van der Waals surface area contributed by atoms with Crippen LogP contribution >= 0.6 is 11.3 Å². The van der Waals surface area contributed by atoms with Gasteiger partial charge in [0.2, 0.25) is 0 Å². The summed E-state index contributed by atoms with van der Waals surface area (Å²) in [5.41, 5.74) is 9.22. The molecule has 0 saturated carbocycles. The van der Waals surface area contributed by atoms with Gasteiger partial charge in [0, 0.05) is 34.5 Å². The molecule has 27 heavy (non-hydrogen) atoms. The molecule has 0 aliphatic rings. The summed E-state index contributed by atoms with van der Waals surface area (Å²) in [6.45, 7) is 6.73. The number of rotatable bonds is 6. The quantitative estimate of drug-likeness (QED) is 0.393. The second-order valence-electron chi connectivity index (χ2n) is 7.41. The Balaban J connectivity index is 1.56. The molecule has 0 bridgehead atoms. The monoisotopic (exact) mass is 374 g/mol. The van der Waals surface area contributed by atoms with Gasteiger partial charge in [-0.25, -0.2) is 4.98 Å². The summed E-state index contributed by atoms with van der Waals surface area (Å²) in [5, 5.41) is 4.54. The minimum absolute atomic E-state index is 0.906. The minimum atomic E-state index is 0.906. The number of unbranched alkanes of at least 4 members (excludes halogenated alkanes) is 1. The molecule has 4 aromatic rings. The van der Waals surface area contributed by atoms with Crippen molar-refractivity contribution in [2.45, 2.75) is 46.5 Å². The van der Waals surface area contributed by atoms with Crippen molar-refractivity contribution in [3.8, 4) is 10.6 Å². The van der Waals surface area contributed by atoms with E-state index < -0.39 is 0 Å². The number of benzene rings is 2. The van der Waals surface area contributed by atoms with Gasteiger partial charge in [-0.05, 0) is 73.2 Å². The Morgan fingerprint density at radius 1 is 1.00 bits per heavy atom. The number of hydrogen-bond acceptors (Lipinski definition) is 2. The first-order chi connectivity index (χ1) is 13.1. The van der Waals surface area contributed by atoms with E-state index in [1.54, 1.807) is 11.3 Å². The Hall–Kier alpha value is -2.39. The minimum Gasteiger partial charge on any atom is -0.361 e. The second kappa shape index (κ2) is 7.69. The summed E-state index contributed by atoms with van der Waals surface area (Å²) in [4.78, 5) is 8.17. The van der Waals surface area contributed by atoms with Gasteiger partial charge in [0.05, 0.1) is 5.69 Å². The van der Waals surface area contributed by atoms with Gasteiger partial charge < -0.3 is 4.98 Å². The van der Waals surface area contributed by atoms with E-state index in [0.717, 1.165) is 17.1 Å². The molecule has 138 valence electrons. The standard InChI is InChI=1S/C24H26N2S/c1-4-5-6-18-11-17(3)21(12-16(18)2)14-22-15-27-24(26-22)20-7-8-23-19(13-20)9-10-25-23/h7-13,15,25H,4-6,14H2,1-3H3. The van der Waals surface area contributed by atoms with Gasteiger partial charge in [-0.1, -0.05) is 25.5 Å². The number of thiazole rings is 1. The van der Waals surface area contributed by atoms with E-state index >= 15 is 0 Å². The van der Waals surface area contributed by atoms with Crippen LogP contribution in [-0.4, -0.2) is 9.97 Å². The lowest BCUT2D eigenvalue weighted by Crippen LogP contribution is -1.98. The summed E-state index contributed by atoms with van der Waals surface area (Å²) in [5.74, 6) is 0. The van der Waals surface area contributed by atoms with Crippen molar-refractivity contribution < 1.29 is 0 Å². The third kappa shape index (κ3) is 3.84. The molecule has 0 fully saturated rings. The van der Waals surface area contributed by atoms with Crippen molar-refractivity contribution in [1.29, 1.82) is 0 Å². The molecule has 0 aliphatic heterocycles. The SMILES string of the molecule is CCCCc1cc(C)c(Cc2csc(-c3ccc4[nH]ccc4c3)n2)cc1C. The van der Waals surface area contributed by atoms with Crippen molar-refractivity contribution in [2.24, 2.45) is 0 Å². The second-order valence-corrected chi connectivity index (χ2v) is 8.27. The van der Waals surface area contributed by atoms with Crippen LogP contribution in [0.15, 0.2) is 48.0 Å². The number of fused-ring (bicyclic) bond motifs is 1. The first kappa shape index (κ1) is 18.0. The van der Waals surface area contributed by atoms with Crippen molar-refractivity contribution in [3.05, 3.63) is 75.9 Å². The van der Waals surface area contributed by atoms with Crippen LogP contribution in [0.4, 0.5) is 0 Å². The average Bonchev–Trinajstić information content (AvgIpc) is 3.31. The van der Waals surface area contributed by atoms with Gasteiger partial charge >= 0.3 is 0 Å². The molecule has 2 aromatic carbocycles. The third-order valence-corrected chi connectivity index (χ3v) is 6.26. The fraction of sp³-hybridized carbons (Fsp3) is 0.292. The lowest BCUT2D eigenvalue weighted by Gasteiger charge is -2.11. The molecular formula is C24H26N2S. The number of H-pyrrole nitrogens is 1. The molecule has 0 unspecified atom stereocenters. The van der Waals surface area contributed by atoms with E-state index in [0.29, 0.717) is 0 Å². The van der Waals surface area contributed by atoms with Gasteiger partial charge in [-0.15, -0.1) is 11.3 Å². The normalized spacial score (nSPS) is 11.4. The lowest BCUT2D eigenvalue weighted by molar-refractivity contribution is 0.790. The molecule has 1 N–H and O–H groups in total. The fourth-order valence-corrected chi connectivity index (χ4v) is 4.48. The first-order valence-corrected chi connectivity index (χ1v) is 10.6. The van der Waals surface area contributed by atoms with E-state index in [2.05, 4.69) is 67.5 Å². The van der Waals surface area contributed by atoms with E-state index in [4.69, 9.17) is 4.98 Å². The summed E-state index contributed by atoms with van der Waals surface area (Å²) in [6.07, 6.45) is 6.59. The molecule has 2 heterocycles. The predicted octanol–water partition coefficient (Wildman–Crippen LogP) is 6.84. The first-order valence-electron chi connectivity index (χ1n) is 9.75. The molecule has 0 radical (unpaired) electrons. The van der Waals surface area contributed by atoms with E-state index in [1.807, 2.05) is 6.20 Å². The summed E-state index contributed by atoms with van der Waals surface area (Å²) in [7, 11) is 0. The number of aromatic nitrogens is 2. The molecule has 0 atom stereocenters. The van der Waals surface area contributed by atoms with E-state index in [1.165, 1.54) is 58.0 Å². The summed E-state index contributed by atoms with van der Waals surface area (Å²) < 4.78 is 0. The Kier molecular flexibility index (Phi) is 5.13. The number of hydrogen-bond donors (Lipinski definition) is 1. The summed E-state index contributed by atoms with van der Waals surface area (Å²) in [6, 6.07) is 13.4. The highest BCUT2D eigenvalue weighted by molar-refractivity contribution is 7.13. The number of aromatic amines is 1. The maximum absolute atomic E-state index is 4.92. The highest BCUT2D eigenvalue weighted by Crippen LogP contribution is 2.28. The van der Waals surface area contributed by atoms with Gasteiger partial charge in [0.15, 0.2) is 0 Å². The van der Waals surface area contributed by atoms with E-state index in [-0.39, 0.29) is 0 Å². The van der Waals surface area contributed by atoms with E-state index in [9.17, 15) is 0 Å². The highest BCUT2D eigenvalue weighted by Gasteiger charge is 2.10. The van der Waals surface area contributed by atoms with Crippen LogP contribution in [-0.2, 0) is 12.8 Å². The Morgan fingerprint density at radius 3 is 2.67 bits per heavy atom. The van der Waals surface area contributed by atoms with Crippen LogP contribution < -0.4 is 0 Å². The van der Waals surface area contributed by atoms with Gasteiger partial charge in [-0.3, -0.25) is 0 Å². The van der Waals surface area contributed by atoms with Crippen molar-refractivity contribution >= 4 is 22.2 Å². The maximum Gasteiger partial charge on any atom is 0.123 e. The van der Waals surface area contributed by atoms with Crippen LogP contribution in [0.1, 0.15) is 47.7 Å². The van der Waals surface area contributed by atoms with Crippen LogP contribution in [0.5, 0.6) is 0 Å². The highest BCUT2D eigenvalue weighted by atomic mass is 32.1. The zero-order valence-electron chi connectivity index (χ0n) is 16.3. The van der Waals surface area contributed by atoms with Gasteiger partial charge in [0.25, 0.3) is 0 Å². The molecule has 0 spiro atoms. The van der Waals surface area contributed by atoms with Crippen LogP contribution in [0.2, 0.25) is 0 Å². The zero-order chi connectivity index (χ0) is 18.8. The predicted molar refractivity (Wildman–Crippen MR) is 117 cm³/mol. The molecule has 3 heteroatoms. The van der Waals surface area contributed by atoms with Crippen LogP contribution in [0.25, 0.3) is 21.5 Å². The molecule has 0 aliphatic carbocycles. The third-order valence-electron chi connectivity index (χ3n) is 5.32. The number of aryl methyl sites for hydroxylation is 3. The van der Waals surface area contributed by atoms with Crippen molar-refractivity contribution in [3.63, 3.8) is 0 Å². The van der Waals surface area contributed by atoms with Gasteiger partial charge in [0.1, 0.15) is 5.01 Å². The number of nitrogens with zero attached hydrogens (tertiary/aromatic N) is 1. The largest absolute Gasteiger partial charge is 0.361 e. The molecular weight excluding hydrogens is 348 g/mol. The van der Waals surface area contributed by atoms with Crippen molar-refractivity contribution in [1.82, 2.24) is 9.97 Å². The molecule has 2 nitrogen and oxygen atoms in total. The van der Waals surface area contributed by atoms with Crippen molar-refractivity contribution in [2.75, 3.05) is 0 Å². The summed E-state index contributed by atoms with van der Waals surface area (Å²) >= 11 is 1.74. The number of nitrogens with one attached hydrogen (secondary N) is 1. The smallest absolute Gasteiger partial charge is 0.123 e. The Labute approximate surface area is 165 Å². The average molecular weight is 375 g/mol. The fourth-order valence-electron chi connectivity index (χ4n) is 3.66. The lowest BCUT2D eigenvalue weighted by atomic mass is 9.95. The molecule has 0 amide bonds. The molecule has 2 aromatic heterocycles. The molecule has 4 rings (SSSR count). The Bertz CT molecular complexity index is 1070. The Morgan fingerprint density at radius 2 is 1.81 bits per heavy atom. The zero-order valence-corrected chi connectivity index (χ0v) is 17.1. The maximum atomic E-state index is 4.92.